The lowest BCUT2D eigenvalue weighted by Gasteiger charge is -2.23. The molecule has 0 bridgehead atoms. The number of aliphatic imine (C=N–C) groups is 1. The second-order valence-electron chi connectivity index (χ2n) is 5.19. The summed E-state index contributed by atoms with van der Waals surface area (Å²) in [5.41, 5.74) is 0. The number of hydrogen-bond acceptors (Lipinski definition) is 4. The molecule has 2 aliphatic rings. The van der Waals surface area contributed by atoms with Gasteiger partial charge in [0, 0.05) is 10.2 Å². The van der Waals surface area contributed by atoms with E-state index in [-0.39, 0.29) is 0 Å². The highest BCUT2D eigenvalue weighted by molar-refractivity contribution is 9.10. The number of halogens is 1. The first-order chi connectivity index (χ1) is 9.81. The first-order valence-corrected chi connectivity index (χ1v) is 8.94. The van der Waals surface area contributed by atoms with E-state index in [1.807, 2.05) is 24.3 Å². The van der Waals surface area contributed by atoms with Gasteiger partial charge in [0.15, 0.2) is 5.17 Å². The highest BCUT2D eigenvalue weighted by Crippen LogP contribution is 2.27. The number of nitrogens with one attached hydrogen (secondary N) is 1. The number of ether oxygens (including phenoxy) is 1. The molecule has 1 aromatic rings. The molecule has 0 spiro atoms. The molecule has 0 radical (unpaired) electrons. The van der Waals surface area contributed by atoms with Crippen molar-refractivity contribution in [1.82, 2.24) is 5.32 Å². The van der Waals surface area contributed by atoms with E-state index in [0.29, 0.717) is 18.7 Å². The van der Waals surface area contributed by atoms with E-state index in [4.69, 9.17) is 9.73 Å². The molecule has 3 rings (SSSR count). The molecule has 2 atom stereocenters. The summed E-state index contributed by atoms with van der Waals surface area (Å²) in [4.78, 5) is 4.77. The molecule has 108 valence electrons. The van der Waals surface area contributed by atoms with Crippen molar-refractivity contribution in [2.24, 2.45) is 4.99 Å². The molecule has 1 heterocycles. The molecule has 1 aromatic carbocycles. The van der Waals surface area contributed by atoms with Crippen LogP contribution in [0, 0.1) is 0 Å². The Labute approximate surface area is 132 Å². The quantitative estimate of drug-likeness (QED) is 0.834. The third-order valence-corrected chi connectivity index (χ3v) is 5.12. The van der Waals surface area contributed by atoms with Crippen molar-refractivity contribution < 1.29 is 4.74 Å². The van der Waals surface area contributed by atoms with E-state index in [1.54, 1.807) is 11.8 Å². The SMILES string of the molecule is Brc1ccc(OCCSC2=N[C@@H]3CCCC[C@H]3N2)cc1. The first-order valence-electron chi connectivity index (χ1n) is 7.17. The minimum atomic E-state index is 0.527. The van der Waals surface area contributed by atoms with Gasteiger partial charge in [0.25, 0.3) is 0 Å². The maximum atomic E-state index is 5.72. The average Bonchev–Trinajstić information content (AvgIpc) is 2.88. The van der Waals surface area contributed by atoms with E-state index < -0.39 is 0 Å². The van der Waals surface area contributed by atoms with Gasteiger partial charge in [-0.1, -0.05) is 40.5 Å². The van der Waals surface area contributed by atoms with Gasteiger partial charge < -0.3 is 10.1 Å². The zero-order chi connectivity index (χ0) is 13.8. The van der Waals surface area contributed by atoms with Crippen LogP contribution in [0.1, 0.15) is 25.7 Å². The Kier molecular flexibility index (Phi) is 4.89. The summed E-state index contributed by atoms with van der Waals surface area (Å²) < 4.78 is 6.79. The molecule has 0 amide bonds. The van der Waals surface area contributed by atoms with Gasteiger partial charge >= 0.3 is 0 Å². The lowest BCUT2D eigenvalue weighted by atomic mass is 9.92. The van der Waals surface area contributed by atoms with Crippen LogP contribution in [0.2, 0.25) is 0 Å². The van der Waals surface area contributed by atoms with Crippen molar-refractivity contribution >= 4 is 32.9 Å². The summed E-state index contributed by atoms with van der Waals surface area (Å²) in [5.74, 6) is 1.85. The van der Waals surface area contributed by atoms with Crippen LogP contribution < -0.4 is 10.1 Å². The Morgan fingerprint density at radius 2 is 2.05 bits per heavy atom. The molecular weight excluding hydrogens is 336 g/mol. The summed E-state index contributed by atoms with van der Waals surface area (Å²) in [6.07, 6.45) is 5.19. The van der Waals surface area contributed by atoms with Crippen LogP contribution in [-0.2, 0) is 0 Å². The van der Waals surface area contributed by atoms with Crippen LogP contribution >= 0.6 is 27.7 Å². The minimum absolute atomic E-state index is 0.527. The molecule has 1 aliphatic carbocycles. The molecule has 0 saturated heterocycles. The predicted molar refractivity (Wildman–Crippen MR) is 88.7 cm³/mol. The fourth-order valence-electron chi connectivity index (χ4n) is 2.69. The van der Waals surface area contributed by atoms with Gasteiger partial charge in [-0.25, -0.2) is 0 Å². The van der Waals surface area contributed by atoms with Crippen LogP contribution in [0.4, 0.5) is 0 Å². The van der Waals surface area contributed by atoms with Gasteiger partial charge in [0.05, 0.1) is 18.7 Å². The van der Waals surface area contributed by atoms with Crippen LogP contribution in [0.5, 0.6) is 5.75 Å². The van der Waals surface area contributed by atoms with Gasteiger partial charge in [0.2, 0.25) is 0 Å². The molecule has 1 N–H and O–H groups in total. The number of fused-ring (bicyclic) bond motifs is 1. The Morgan fingerprint density at radius 3 is 2.85 bits per heavy atom. The van der Waals surface area contributed by atoms with E-state index in [2.05, 4.69) is 21.2 Å². The van der Waals surface area contributed by atoms with E-state index >= 15 is 0 Å². The van der Waals surface area contributed by atoms with Crippen molar-refractivity contribution in [3.05, 3.63) is 28.7 Å². The molecule has 1 fully saturated rings. The number of benzene rings is 1. The summed E-state index contributed by atoms with van der Waals surface area (Å²) in [6.45, 7) is 0.711. The fourth-order valence-corrected chi connectivity index (χ4v) is 3.76. The van der Waals surface area contributed by atoms with Gasteiger partial charge in [-0.2, -0.15) is 0 Å². The van der Waals surface area contributed by atoms with Crippen molar-refractivity contribution in [3.8, 4) is 5.75 Å². The molecule has 1 saturated carbocycles. The van der Waals surface area contributed by atoms with Crippen LogP contribution in [0.3, 0.4) is 0 Å². The molecule has 1 aliphatic heterocycles. The smallest absolute Gasteiger partial charge is 0.157 e. The second kappa shape index (κ2) is 6.85. The first kappa shape index (κ1) is 14.3. The highest BCUT2D eigenvalue weighted by atomic mass is 79.9. The monoisotopic (exact) mass is 354 g/mol. The summed E-state index contributed by atoms with van der Waals surface area (Å²) in [7, 11) is 0. The molecule has 0 aromatic heterocycles. The minimum Gasteiger partial charge on any atom is -0.493 e. The maximum absolute atomic E-state index is 5.72. The third-order valence-electron chi connectivity index (χ3n) is 3.73. The van der Waals surface area contributed by atoms with Crippen molar-refractivity contribution in [1.29, 1.82) is 0 Å². The summed E-state index contributed by atoms with van der Waals surface area (Å²) >= 11 is 5.20. The van der Waals surface area contributed by atoms with Crippen molar-refractivity contribution in [3.63, 3.8) is 0 Å². The lowest BCUT2D eigenvalue weighted by molar-refractivity contribution is 0.344. The molecule has 20 heavy (non-hydrogen) atoms. The fraction of sp³-hybridized carbons (Fsp3) is 0.533. The van der Waals surface area contributed by atoms with Gasteiger partial charge in [-0.15, -0.1) is 0 Å². The molecule has 5 heteroatoms. The molecular formula is C15H19BrN2OS. The van der Waals surface area contributed by atoms with Gasteiger partial charge in [-0.3, -0.25) is 4.99 Å². The largest absolute Gasteiger partial charge is 0.493 e. The third kappa shape index (κ3) is 3.70. The predicted octanol–water partition coefficient (Wildman–Crippen LogP) is 3.83. The zero-order valence-corrected chi connectivity index (χ0v) is 13.8. The lowest BCUT2D eigenvalue weighted by Crippen LogP contribution is -2.36. The van der Waals surface area contributed by atoms with Crippen LogP contribution in [0.25, 0.3) is 0 Å². The maximum Gasteiger partial charge on any atom is 0.157 e. The van der Waals surface area contributed by atoms with Gasteiger partial charge in [-0.05, 0) is 37.1 Å². The van der Waals surface area contributed by atoms with E-state index in [0.717, 1.165) is 21.1 Å². The Hall–Kier alpha value is -0.680. The average molecular weight is 355 g/mol. The van der Waals surface area contributed by atoms with E-state index in [9.17, 15) is 0 Å². The molecule has 3 nitrogen and oxygen atoms in total. The topological polar surface area (TPSA) is 33.6 Å². The second-order valence-corrected chi connectivity index (χ2v) is 7.19. The van der Waals surface area contributed by atoms with Crippen molar-refractivity contribution in [2.45, 2.75) is 37.8 Å². The zero-order valence-electron chi connectivity index (χ0n) is 11.3. The van der Waals surface area contributed by atoms with Crippen LogP contribution in [0.15, 0.2) is 33.7 Å². The number of thioether (sulfide) groups is 1. The normalized spacial score (nSPS) is 24.8. The standard InChI is InChI=1S/C15H19BrN2OS/c16-11-5-7-12(8-6-11)19-9-10-20-15-17-13-3-1-2-4-14(13)18-15/h5-8,13-14H,1-4,9-10H2,(H,17,18)/t13-,14-/m1/s1. The number of nitrogens with zero attached hydrogens (tertiary/aromatic N) is 1. The Balaban J connectivity index is 1.39. The highest BCUT2D eigenvalue weighted by Gasteiger charge is 2.30. The van der Waals surface area contributed by atoms with Gasteiger partial charge in [0.1, 0.15) is 5.75 Å². The van der Waals surface area contributed by atoms with E-state index in [1.165, 1.54) is 25.7 Å². The summed E-state index contributed by atoms with van der Waals surface area (Å²) in [6, 6.07) is 9.08. The van der Waals surface area contributed by atoms with Crippen LogP contribution in [-0.4, -0.2) is 29.6 Å². The number of hydrogen-bond donors (Lipinski definition) is 1. The van der Waals surface area contributed by atoms with Crippen molar-refractivity contribution in [2.75, 3.05) is 12.4 Å². The Bertz CT molecular complexity index is 477. The molecule has 0 unspecified atom stereocenters. The number of amidine groups is 1. The summed E-state index contributed by atoms with van der Waals surface area (Å²) in [5, 5.41) is 4.66. The number of rotatable bonds is 4. The Morgan fingerprint density at radius 1 is 1.25 bits per heavy atom.